The fourth-order valence-corrected chi connectivity index (χ4v) is 2.68. The van der Waals surface area contributed by atoms with Gasteiger partial charge in [0.15, 0.2) is 0 Å². The molecule has 0 radical (unpaired) electrons. The number of amides is 1. The second-order valence-electron chi connectivity index (χ2n) is 5.08. The Balaban J connectivity index is 2.11. The van der Waals surface area contributed by atoms with E-state index in [1.54, 1.807) is 4.90 Å². The van der Waals surface area contributed by atoms with E-state index in [1.807, 2.05) is 60.7 Å². The van der Waals surface area contributed by atoms with E-state index in [-0.39, 0.29) is 17.2 Å². The topological polar surface area (TPSA) is 63.5 Å². The monoisotopic (exact) mass is 294 g/mol. The molecule has 110 valence electrons. The molecular weight excluding hydrogens is 280 g/mol. The molecule has 1 heterocycles. The second-order valence-corrected chi connectivity index (χ2v) is 5.08. The van der Waals surface area contributed by atoms with Crippen LogP contribution in [0.4, 0.5) is 5.69 Å². The van der Waals surface area contributed by atoms with E-state index in [0.717, 1.165) is 11.3 Å². The van der Waals surface area contributed by atoms with Crippen LogP contribution in [0.2, 0.25) is 0 Å². The van der Waals surface area contributed by atoms with Crippen LogP contribution in [0.3, 0.4) is 0 Å². The molecule has 2 aromatic carbocycles. The molecule has 1 amide bonds. The highest BCUT2D eigenvalue weighted by molar-refractivity contribution is 6.15. The van der Waals surface area contributed by atoms with Crippen LogP contribution < -0.4 is 4.90 Å². The van der Waals surface area contributed by atoms with Crippen molar-refractivity contribution < 1.29 is 9.72 Å². The molecule has 1 atom stereocenters. The highest BCUT2D eigenvalue weighted by Crippen LogP contribution is 2.44. The minimum absolute atomic E-state index is 0.0916. The third kappa shape index (κ3) is 2.16. The number of anilines is 1. The van der Waals surface area contributed by atoms with Crippen LogP contribution in [0, 0.1) is 10.1 Å². The van der Waals surface area contributed by atoms with Crippen molar-refractivity contribution >= 4 is 11.6 Å². The van der Waals surface area contributed by atoms with Crippen molar-refractivity contribution in [2.45, 2.75) is 13.0 Å². The van der Waals surface area contributed by atoms with E-state index < -0.39 is 11.0 Å². The average molecular weight is 294 g/mol. The number of para-hydroxylation sites is 1. The quantitative estimate of drug-likeness (QED) is 0.377. The van der Waals surface area contributed by atoms with E-state index >= 15 is 0 Å². The van der Waals surface area contributed by atoms with E-state index in [9.17, 15) is 14.9 Å². The minimum atomic E-state index is -0.495. The van der Waals surface area contributed by atoms with Gasteiger partial charge >= 0.3 is 0 Å². The van der Waals surface area contributed by atoms with Gasteiger partial charge in [0, 0.05) is 12.6 Å². The van der Waals surface area contributed by atoms with Gasteiger partial charge in [-0.05, 0) is 17.7 Å². The summed E-state index contributed by atoms with van der Waals surface area (Å²) in [6.07, 6.45) is 0. The first-order valence-corrected chi connectivity index (χ1v) is 6.90. The maximum atomic E-state index is 12.5. The summed E-state index contributed by atoms with van der Waals surface area (Å²) < 4.78 is 0. The van der Waals surface area contributed by atoms with Gasteiger partial charge < -0.3 is 0 Å². The standard InChI is InChI=1S/C17H14N2O3/c1-12(19(21)22)15-16(13-8-4-2-5-9-13)18(17(15)20)14-10-6-3-7-11-14/h2-11,16H,1H3/b15-12+. The van der Waals surface area contributed by atoms with Gasteiger partial charge in [0.1, 0.15) is 5.57 Å². The van der Waals surface area contributed by atoms with Crippen LogP contribution >= 0.6 is 0 Å². The summed E-state index contributed by atoms with van der Waals surface area (Å²) in [4.78, 5) is 24.6. The Morgan fingerprint density at radius 1 is 1.05 bits per heavy atom. The number of carbonyl (C=O) groups is 1. The van der Waals surface area contributed by atoms with Gasteiger partial charge in [0.2, 0.25) is 0 Å². The summed E-state index contributed by atoms with van der Waals surface area (Å²) in [5, 5.41) is 11.1. The lowest BCUT2D eigenvalue weighted by atomic mass is 9.86. The van der Waals surface area contributed by atoms with Crippen molar-refractivity contribution in [3.8, 4) is 0 Å². The van der Waals surface area contributed by atoms with Gasteiger partial charge in [0.05, 0.1) is 11.0 Å². The summed E-state index contributed by atoms with van der Waals surface area (Å²) in [5.74, 6) is -0.311. The van der Waals surface area contributed by atoms with Crippen LogP contribution in [-0.2, 0) is 4.79 Å². The lowest BCUT2D eigenvalue weighted by Crippen LogP contribution is -2.50. The predicted octanol–water partition coefficient (Wildman–Crippen LogP) is 3.33. The molecule has 0 bridgehead atoms. The molecule has 1 aliphatic rings. The summed E-state index contributed by atoms with van der Waals surface area (Å²) >= 11 is 0. The summed E-state index contributed by atoms with van der Waals surface area (Å²) in [7, 11) is 0. The first-order chi connectivity index (χ1) is 10.6. The summed E-state index contributed by atoms with van der Waals surface area (Å²) in [6, 6.07) is 18.1. The molecule has 0 aliphatic carbocycles. The SMILES string of the molecule is C/C(=C1\C(=O)N(c2ccccc2)C1c1ccccc1)[N+](=O)[O-]. The predicted molar refractivity (Wildman–Crippen MR) is 82.8 cm³/mol. The van der Waals surface area contributed by atoms with Gasteiger partial charge in [-0.1, -0.05) is 48.5 Å². The molecule has 5 nitrogen and oxygen atoms in total. The summed E-state index contributed by atoms with van der Waals surface area (Å²) in [5.41, 5.74) is 1.76. The zero-order chi connectivity index (χ0) is 15.7. The number of hydrogen-bond acceptors (Lipinski definition) is 3. The number of benzene rings is 2. The van der Waals surface area contributed by atoms with Gasteiger partial charge in [-0.15, -0.1) is 0 Å². The average Bonchev–Trinajstić information content (AvgIpc) is 2.54. The molecule has 5 heteroatoms. The fraction of sp³-hybridized carbons (Fsp3) is 0.118. The molecule has 0 spiro atoms. The van der Waals surface area contributed by atoms with Crippen molar-refractivity contribution in [1.29, 1.82) is 0 Å². The smallest absolute Gasteiger partial charge is 0.264 e. The second kappa shape index (κ2) is 5.44. The largest absolute Gasteiger partial charge is 0.296 e. The van der Waals surface area contributed by atoms with Crippen molar-refractivity contribution in [3.05, 3.63) is 87.6 Å². The number of hydrogen-bond donors (Lipinski definition) is 0. The third-order valence-corrected chi connectivity index (χ3v) is 3.79. The minimum Gasteiger partial charge on any atom is -0.296 e. The highest BCUT2D eigenvalue weighted by atomic mass is 16.6. The lowest BCUT2D eigenvalue weighted by molar-refractivity contribution is -0.425. The molecule has 22 heavy (non-hydrogen) atoms. The molecule has 1 saturated heterocycles. The van der Waals surface area contributed by atoms with Crippen LogP contribution in [0.5, 0.6) is 0 Å². The Morgan fingerprint density at radius 2 is 1.59 bits per heavy atom. The zero-order valence-corrected chi connectivity index (χ0v) is 12.0. The molecule has 0 saturated carbocycles. The molecule has 1 unspecified atom stereocenters. The molecule has 2 aromatic rings. The van der Waals surface area contributed by atoms with Gasteiger partial charge in [-0.25, -0.2) is 0 Å². The van der Waals surface area contributed by atoms with Crippen molar-refractivity contribution in [2.24, 2.45) is 0 Å². The Kier molecular flexibility index (Phi) is 3.47. The van der Waals surface area contributed by atoms with E-state index in [1.165, 1.54) is 6.92 Å². The fourth-order valence-electron chi connectivity index (χ4n) is 2.68. The van der Waals surface area contributed by atoms with Gasteiger partial charge in [-0.2, -0.15) is 0 Å². The number of rotatable bonds is 3. The summed E-state index contributed by atoms with van der Waals surface area (Å²) in [6.45, 7) is 1.38. The normalized spacial score (nSPS) is 19.6. The van der Waals surface area contributed by atoms with Crippen LogP contribution in [0.15, 0.2) is 71.9 Å². The molecule has 0 N–H and O–H groups in total. The van der Waals surface area contributed by atoms with Gasteiger partial charge in [0.25, 0.3) is 11.6 Å². The Morgan fingerprint density at radius 3 is 2.14 bits per heavy atom. The maximum Gasteiger partial charge on any atom is 0.264 e. The Labute approximate surface area is 127 Å². The molecular formula is C17H14N2O3. The number of nitrogens with zero attached hydrogens (tertiary/aromatic N) is 2. The Hall–Kier alpha value is -2.95. The molecule has 1 aliphatic heterocycles. The first kappa shape index (κ1) is 14.0. The highest BCUT2D eigenvalue weighted by Gasteiger charge is 2.48. The molecule has 3 rings (SSSR count). The van der Waals surface area contributed by atoms with Crippen LogP contribution in [0.25, 0.3) is 0 Å². The molecule has 0 aromatic heterocycles. The Bertz CT molecular complexity index is 754. The van der Waals surface area contributed by atoms with E-state index in [0.29, 0.717) is 0 Å². The van der Waals surface area contributed by atoms with Crippen molar-refractivity contribution in [2.75, 3.05) is 4.90 Å². The van der Waals surface area contributed by atoms with Gasteiger partial charge in [-0.3, -0.25) is 19.8 Å². The van der Waals surface area contributed by atoms with E-state index in [4.69, 9.17) is 0 Å². The maximum absolute atomic E-state index is 12.5. The van der Waals surface area contributed by atoms with E-state index in [2.05, 4.69) is 0 Å². The zero-order valence-electron chi connectivity index (χ0n) is 12.0. The number of β-lactam (4-membered cyclic amide) rings is 1. The number of nitro groups is 1. The first-order valence-electron chi connectivity index (χ1n) is 6.90. The number of allylic oxidation sites excluding steroid dienone is 1. The van der Waals surface area contributed by atoms with Crippen molar-refractivity contribution in [3.63, 3.8) is 0 Å². The van der Waals surface area contributed by atoms with Crippen LogP contribution in [0.1, 0.15) is 18.5 Å². The lowest BCUT2D eigenvalue weighted by Gasteiger charge is -2.42. The number of carbonyl (C=O) groups excluding carboxylic acids is 1. The van der Waals surface area contributed by atoms with Crippen LogP contribution in [-0.4, -0.2) is 10.8 Å². The molecule has 1 fully saturated rings. The van der Waals surface area contributed by atoms with Crippen molar-refractivity contribution in [1.82, 2.24) is 0 Å². The third-order valence-electron chi connectivity index (χ3n) is 3.79.